The standard InChI is InChI=1S/C36H26N2O4S/c1-22-10-7-13-24(20-22)35(41)37-25-14-8-15-26(21-25)43-34(23-11-3-2-4-12-23)36(42)38-30-19-9-18-29-31(30)33(40)28-17-6-5-16-27(28)32(29)39/h2-21,34H,1H3,(H,37,41)(H,38,42). The van der Waals surface area contributed by atoms with Gasteiger partial charge in [0, 0.05) is 32.8 Å². The van der Waals surface area contributed by atoms with Crippen LogP contribution in [0.2, 0.25) is 0 Å². The zero-order valence-electron chi connectivity index (χ0n) is 23.2. The number of ketones is 2. The Morgan fingerprint density at radius 1 is 0.651 bits per heavy atom. The van der Waals surface area contributed by atoms with Crippen LogP contribution in [0.25, 0.3) is 0 Å². The van der Waals surface area contributed by atoms with Gasteiger partial charge in [0.15, 0.2) is 11.6 Å². The van der Waals surface area contributed by atoms with E-state index in [1.807, 2.05) is 73.7 Å². The minimum atomic E-state index is -0.693. The molecule has 0 radical (unpaired) electrons. The van der Waals surface area contributed by atoms with Crippen molar-refractivity contribution in [2.24, 2.45) is 0 Å². The normalized spacial score (nSPS) is 12.6. The van der Waals surface area contributed by atoms with E-state index in [2.05, 4.69) is 10.6 Å². The lowest BCUT2D eigenvalue weighted by Crippen LogP contribution is -2.25. The molecular formula is C36H26N2O4S. The zero-order chi connectivity index (χ0) is 29.9. The van der Waals surface area contributed by atoms with E-state index in [4.69, 9.17) is 0 Å². The highest BCUT2D eigenvalue weighted by Crippen LogP contribution is 2.38. The first kappa shape index (κ1) is 27.9. The van der Waals surface area contributed by atoms with Gasteiger partial charge in [-0.3, -0.25) is 19.2 Å². The van der Waals surface area contributed by atoms with Crippen molar-refractivity contribution in [1.29, 1.82) is 0 Å². The van der Waals surface area contributed by atoms with Crippen molar-refractivity contribution in [3.05, 3.63) is 160 Å². The van der Waals surface area contributed by atoms with Crippen molar-refractivity contribution in [3.8, 4) is 0 Å². The smallest absolute Gasteiger partial charge is 0.255 e. The van der Waals surface area contributed by atoms with Crippen LogP contribution < -0.4 is 10.6 Å². The maximum absolute atomic E-state index is 13.9. The number of amides is 2. The summed E-state index contributed by atoms with van der Waals surface area (Å²) in [6.07, 6.45) is 0. The van der Waals surface area contributed by atoms with Gasteiger partial charge in [-0.2, -0.15) is 0 Å². The number of carbonyl (C=O) groups excluding carboxylic acids is 4. The van der Waals surface area contributed by atoms with Gasteiger partial charge in [-0.05, 0) is 48.9 Å². The molecule has 0 aromatic heterocycles. The number of hydrogen-bond donors (Lipinski definition) is 2. The molecule has 0 aliphatic heterocycles. The van der Waals surface area contributed by atoms with Crippen molar-refractivity contribution in [3.63, 3.8) is 0 Å². The van der Waals surface area contributed by atoms with Crippen LogP contribution in [0.15, 0.2) is 126 Å². The summed E-state index contributed by atoms with van der Waals surface area (Å²) in [5.41, 5.74) is 4.33. The molecule has 7 heteroatoms. The molecule has 1 unspecified atom stereocenters. The van der Waals surface area contributed by atoms with E-state index in [0.29, 0.717) is 22.4 Å². The molecule has 1 atom stereocenters. The van der Waals surface area contributed by atoms with E-state index >= 15 is 0 Å². The topological polar surface area (TPSA) is 92.3 Å². The van der Waals surface area contributed by atoms with Crippen molar-refractivity contribution >= 4 is 46.5 Å². The number of anilines is 2. The highest BCUT2D eigenvalue weighted by Gasteiger charge is 2.32. The summed E-state index contributed by atoms with van der Waals surface area (Å²) in [6.45, 7) is 1.93. The van der Waals surface area contributed by atoms with Gasteiger partial charge in [-0.15, -0.1) is 11.8 Å². The minimum absolute atomic E-state index is 0.192. The molecule has 0 saturated heterocycles. The van der Waals surface area contributed by atoms with Crippen LogP contribution in [0.1, 0.15) is 58.6 Å². The predicted molar refractivity (Wildman–Crippen MR) is 169 cm³/mol. The number of carbonyl (C=O) groups is 4. The van der Waals surface area contributed by atoms with Crippen LogP contribution in [-0.4, -0.2) is 23.4 Å². The molecule has 0 fully saturated rings. The van der Waals surface area contributed by atoms with E-state index in [-0.39, 0.29) is 40.2 Å². The molecule has 5 aromatic carbocycles. The largest absolute Gasteiger partial charge is 0.324 e. The quantitative estimate of drug-likeness (QED) is 0.190. The van der Waals surface area contributed by atoms with Crippen molar-refractivity contribution < 1.29 is 19.2 Å². The maximum Gasteiger partial charge on any atom is 0.255 e. The fourth-order valence-corrected chi connectivity index (χ4v) is 6.20. The second-order valence-corrected chi connectivity index (χ2v) is 11.4. The third-order valence-corrected chi connectivity index (χ3v) is 8.42. The highest BCUT2D eigenvalue weighted by atomic mass is 32.2. The molecule has 1 aliphatic rings. The lowest BCUT2D eigenvalue weighted by Gasteiger charge is -2.22. The SMILES string of the molecule is Cc1cccc(C(=O)Nc2cccc(SC(C(=O)Nc3cccc4c3C(=O)c3ccccc3C4=O)c3ccccc3)c2)c1. The molecule has 2 amide bonds. The molecule has 2 N–H and O–H groups in total. The molecule has 0 heterocycles. The summed E-state index contributed by atoms with van der Waals surface area (Å²) >= 11 is 1.32. The molecular weight excluding hydrogens is 556 g/mol. The maximum atomic E-state index is 13.9. The van der Waals surface area contributed by atoms with Crippen molar-refractivity contribution in [1.82, 2.24) is 0 Å². The average Bonchev–Trinajstić information content (AvgIpc) is 3.03. The summed E-state index contributed by atoms with van der Waals surface area (Å²) in [6, 6.07) is 35.6. The van der Waals surface area contributed by atoms with E-state index in [1.54, 1.807) is 54.6 Å². The molecule has 0 saturated carbocycles. The van der Waals surface area contributed by atoms with Crippen LogP contribution in [0, 0.1) is 6.92 Å². The summed E-state index contributed by atoms with van der Waals surface area (Å²) < 4.78 is 0. The van der Waals surface area contributed by atoms with Gasteiger partial charge in [-0.25, -0.2) is 0 Å². The molecule has 0 bridgehead atoms. The van der Waals surface area contributed by atoms with E-state index in [9.17, 15) is 19.2 Å². The number of aryl methyl sites for hydroxylation is 1. The summed E-state index contributed by atoms with van der Waals surface area (Å²) in [5, 5.41) is 5.19. The summed E-state index contributed by atoms with van der Waals surface area (Å²) in [7, 11) is 0. The third kappa shape index (κ3) is 5.76. The van der Waals surface area contributed by atoms with Crippen molar-refractivity contribution in [2.45, 2.75) is 17.1 Å². The molecule has 5 aromatic rings. The third-order valence-electron chi connectivity index (χ3n) is 7.18. The van der Waals surface area contributed by atoms with Gasteiger partial charge in [0.2, 0.25) is 5.91 Å². The molecule has 210 valence electrons. The van der Waals surface area contributed by atoms with Gasteiger partial charge in [0.05, 0.1) is 11.3 Å². The van der Waals surface area contributed by atoms with Gasteiger partial charge in [0.1, 0.15) is 5.25 Å². The number of thioether (sulfide) groups is 1. The van der Waals surface area contributed by atoms with E-state index in [0.717, 1.165) is 16.0 Å². The fraction of sp³-hybridized carbons (Fsp3) is 0.0556. The average molecular weight is 583 g/mol. The van der Waals surface area contributed by atoms with E-state index in [1.165, 1.54) is 11.8 Å². The monoisotopic (exact) mass is 582 g/mol. The zero-order valence-corrected chi connectivity index (χ0v) is 24.0. The summed E-state index contributed by atoms with van der Waals surface area (Å²) in [4.78, 5) is 54.2. The first-order valence-electron chi connectivity index (χ1n) is 13.7. The number of fused-ring (bicyclic) bond motifs is 2. The second kappa shape index (κ2) is 11.9. The Labute approximate surface area is 253 Å². The molecule has 6 nitrogen and oxygen atoms in total. The summed E-state index contributed by atoms with van der Waals surface area (Å²) in [5.74, 6) is -1.13. The fourth-order valence-electron chi connectivity index (χ4n) is 5.12. The van der Waals surface area contributed by atoms with Crippen LogP contribution in [0.3, 0.4) is 0 Å². The van der Waals surface area contributed by atoms with Gasteiger partial charge in [0.25, 0.3) is 5.91 Å². The predicted octanol–water partition coefficient (Wildman–Crippen LogP) is 7.49. The van der Waals surface area contributed by atoms with Crippen LogP contribution in [0.5, 0.6) is 0 Å². The second-order valence-electron chi connectivity index (χ2n) is 10.2. The Kier molecular flexibility index (Phi) is 7.73. The van der Waals surface area contributed by atoms with Crippen LogP contribution in [0.4, 0.5) is 11.4 Å². The Bertz CT molecular complexity index is 1900. The molecule has 1 aliphatic carbocycles. The number of rotatable bonds is 7. The molecule has 43 heavy (non-hydrogen) atoms. The van der Waals surface area contributed by atoms with E-state index < -0.39 is 5.25 Å². The lowest BCUT2D eigenvalue weighted by molar-refractivity contribution is -0.115. The molecule has 6 rings (SSSR count). The minimum Gasteiger partial charge on any atom is -0.324 e. The van der Waals surface area contributed by atoms with Gasteiger partial charge in [-0.1, -0.05) is 90.5 Å². The Balaban J connectivity index is 1.28. The number of hydrogen-bond acceptors (Lipinski definition) is 5. The number of nitrogens with one attached hydrogen (secondary N) is 2. The van der Waals surface area contributed by atoms with Crippen LogP contribution in [-0.2, 0) is 4.79 Å². The Hall–Kier alpha value is -5.27. The number of benzene rings is 5. The Morgan fingerprint density at radius 2 is 1.33 bits per heavy atom. The highest BCUT2D eigenvalue weighted by molar-refractivity contribution is 8.00. The van der Waals surface area contributed by atoms with Crippen molar-refractivity contribution in [2.75, 3.05) is 10.6 Å². The van der Waals surface area contributed by atoms with Gasteiger partial charge < -0.3 is 10.6 Å². The lowest BCUT2D eigenvalue weighted by atomic mass is 9.83. The van der Waals surface area contributed by atoms with Gasteiger partial charge >= 0.3 is 0 Å². The first-order chi connectivity index (χ1) is 20.9. The Morgan fingerprint density at radius 3 is 2.09 bits per heavy atom. The first-order valence-corrected chi connectivity index (χ1v) is 14.6. The molecule has 0 spiro atoms. The van der Waals surface area contributed by atoms with Crippen LogP contribution >= 0.6 is 11.8 Å².